The molecule has 2 aromatic rings. The van der Waals surface area contributed by atoms with Gasteiger partial charge in [-0.3, -0.25) is 4.79 Å². The second-order valence-corrected chi connectivity index (χ2v) is 6.74. The van der Waals surface area contributed by atoms with Crippen molar-refractivity contribution in [3.8, 4) is 6.07 Å². The van der Waals surface area contributed by atoms with E-state index in [0.717, 1.165) is 25.2 Å². The molecule has 8 heteroatoms. The number of aromatic nitrogens is 1. The van der Waals surface area contributed by atoms with Crippen molar-refractivity contribution in [1.29, 1.82) is 5.26 Å². The first-order chi connectivity index (χ1) is 12.0. The van der Waals surface area contributed by atoms with Gasteiger partial charge in [-0.2, -0.15) is 5.26 Å². The number of benzene rings is 1. The number of nitrogens with one attached hydrogen (secondary N) is 2. The molecular weight excluding hydrogens is 341 g/mol. The SMILES string of the molecule is CN1CCc2nc(N/C=C(/C#N)C(=O)Nc3ccc(F)cc3)sc2C1. The van der Waals surface area contributed by atoms with Gasteiger partial charge in [0.2, 0.25) is 0 Å². The third-order valence-corrected chi connectivity index (χ3v) is 4.74. The maximum atomic E-state index is 12.9. The molecule has 0 fully saturated rings. The lowest BCUT2D eigenvalue weighted by Crippen LogP contribution is -2.25. The summed E-state index contributed by atoms with van der Waals surface area (Å²) in [6, 6.07) is 7.19. The number of nitrogens with zero attached hydrogens (tertiary/aromatic N) is 3. The Morgan fingerprint density at radius 1 is 1.44 bits per heavy atom. The van der Waals surface area contributed by atoms with Gasteiger partial charge in [0, 0.05) is 36.3 Å². The Labute approximate surface area is 148 Å². The normalized spacial score (nSPS) is 14.5. The molecule has 0 bridgehead atoms. The summed E-state index contributed by atoms with van der Waals surface area (Å²) in [6.45, 7) is 1.82. The highest BCUT2D eigenvalue weighted by molar-refractivity contribution is 7.15. The zero-order chi connectivity index (χ0) is 17.8. The molecule has 1 aromatic heterocycles. The zero-order valence-corrected chi connectivity index (χ0v) is 14.4. The summed E-state index contributed by atoms with van der Waals surface area (Å²) in [5, 5.41) is 15.3. The number of carbonyl (C=O) groups is 1. The van der Waals surface area contributed by atoms with E-state index in [4.69, 9.17) is 0 Å². The van der Waals surface area contributed by atoms with Crippen LogP contribution in [-0.4, -0.2) is 29.4 Å². The first-order valence-electron chi connectivity index (χ1n) is 7.66. The van der Waals surface area contributed by atoms with Crippen LogP contribution in [0, 0.1) is 17.1 Å². The summed E-state index contributed by atoms with van der Waals surface area (Å²) in [6.07, 6.45) is 2.23. The van der Waals surface area contributed by atoms with Crippen LogP contribution in [0.3, 0.4) is 0 Å². The highest BCUT2D eigenvalue weighted by Gasteiger charge is 2.18. The second-order valence-electron chi connectivity index (χ2n) is 5.65. The molecular formula is C17H16FN5OS. The number of thiazole rings is 1. The van der Waals surface area contributed by atoms with Crippen molar-refractivity contribution in [3.63, 3.8) is 0 Å². The Morgan fingerprint density at radius 3 is 2.92 bits per heavy atom. The van der Waals surface area contributed by atoms with Crippen LogP contribution < -0.4 is 10.6 Å². The molecule has 0 aliphatic carbocycles. The van der Waals surface area contributed by atoms with E-state index in [2.05, 4.69) is 27.6 Å². The number of carbonyl (C=O) groups excluding carboxylic acids is 1. The number of hydrogen-bond acceptors (Lipinski definition) is 6. The molecule has 1 aromatic carbocycles. The highest BCUT2D eigenvalue weighted by Crippen LogP contribution is 2.27. The molecule has 0 radical (unpaired) electrons. The number of nitriles is 1. The average molecular weight is 357 g/mol. The molecule has 1 aliphatic heterocycles. The van der Waals surface area contributed by atoms with Crippen LogP contribution in [0.2, 0.25) is 0 Å². The van der Waals surface area contributed by atoms with E-state index in [0.29, 0.717) is 10.8 Å². The molecule has 0 saturated carbocycles. The van der Waals surface area contributed by atoms with E-state index in [-0.39, 0.29) is 5.57 Å². The van der Waals surface area contributed by atoms with Gasteiger partial charge in [-0.25, -0.2) is 9.37 Å². The minimum absolute atomic E-state index is 0.0883. The van der Waals surface area contributed by atoms with Crippen molar-refractivity contribution < 1.29 is 9.18 Å². The molecule has 0 unspecified atom stereocenters. The Bertz CT molecular complexity index is 853. The Hall–Kier alpha value is -2.76. The van der Waals surface area contributed by atoms with E-state index < -0.39 is 11.7 Å². The van der Waals surface area contributed by atoms with Crippen molar-refractivity contribution in [3.05, 3.63) is 52.4 Å². The van der Waals surface area contributed by atoms with E-state index in [9.17, 15) is 14.4 Å². The molecule has 2 N–H and O–H groups in total. The monoisotopic (exact) mass is 357 g/mol. The number of hydrogen-bond donors (Lipinski definition) is 2. The van der Waals surface area contributed by atoms with E-state index in [1.54, 1.807) is 0 Å². The number of halogens is 1. The number of fused-ring (bicyclic) bond motifs is 1. The largest absolute Gasteiger partial charge is 0.337 e. The predicted octanol–water partition coefficient (Wildman–Crippen LogP) is 2.73. The summed E-state index contributed by atoms with van der Waals surface area (Å²) in [5.41, 5.74) is 1.39. The molecule has 0 saturated heterocycles. The van der Waals surface area contributed by atoms with Crippen LogP contribution in [0.5, 0.6) is 0 Å². The Kier molecular flexibility index (Phi) is 5.07. The quantitative estimate of drug-likeness (QED) is 0.650. The number of anilines is 2. The van der Waals surface area contributed by atoms with Gasteiger partial charge in [-0.1, -0.05) is 0 Å². The van der Waals surface area contributed by atoms with Gasteiger partial charge < -0.3 is 15.5 Å². The van der Waals surface area contributed by atoms with Crippen LogP contribution in [-0.2, 0) is 17.8 Å². The first kappa shape index (κ1) is 17.1. The fourth-order valence-electron chi connectivity index (χ4n) is 2.40. The van der Waals surface area contributed by atoms with Gasteiger partial charge in [0.05, 0.1) is 5.69 Å². The van der Waals surface area contributed by atoms with Crippen LogP contribution in [0.4, 0.5) is 15.2 Å². The Morgan fingerprint density at radius 2 is 2.20 bits per heavy atom. The van der Waals surface area contributed by atoms with Crippen LogP contribution in [0.15, 0.2) is 36.0 Å². The minimum Gasteiger partial charge on any atom is -0.337 e. The molecule has 2 heterocycles. The smallest absolute Gasteiger partial charge is 0.267 e. The summed E-state index contributed by atoms with van der Waals surface area (Å²) < 4.78 is 12.9. The van der Waals surface area contributed by atoms with Crippen molar-refractivity contribution in [2.24, 2.45) is 0 Å². The molecule has 3 rings (SSSR count). The number of rotatable bonds is 4. The maximum absolute atomic E-state index is 12.9. The molecule has 1 aliphatic rings. The molecule has 25 heavy (non-hydrogen) atoms. The van der Waals surface area contributed by atoms with E-state index >= 15 is 0 Å². The average Bonchev–Trinajstić information content (AvgIpc) is 2.99. The Balaban J connectivity index is 1.67. The third-order valence-electron chi connectivity index (χ3n) is 3.73. The first-order valence-corrected chi connectivity index (χ1v) is 8.47. The van der Waals surface area contributed by atoms with Gasteiger partial charge >= 0.3 is 0 Å². The summed E-state index contributed by atoms with van der Waals surface area (Å²) in [4.78, 5) is 20.0. The molecule has 1 amide bonds. The maximum Gasteiger partial charge on any atom is 0.267 e. The summed E-state index contributed by atoms with van der Waals surface area (Å²) in [5.74, 6) is -0.961. The molecule has 0 atom stereocenters. The van der Waals surface area contributed by atoms with Crippen molar-refractivity contribution >= 4 is 28.1 Å². The fourth-order valence-corrected chi connectivity index (χ4v) is 3.46. The fraction of sp³-hybridized carbons (Fsp3) is 0.235. The predicted molar refractivity (Wildman–Crippen MR) is 94.5 cm³/mol. The minimum atomic E-state index is -0.567. The van der Waals surface area contributed by atoms with E-state index in [1.165, 1.54) is 46.7 Å². The topological polar surface area (TPSA) is 81.1 Å². The number of likely N-dealkylation sites (N-methyl/N-ethyl adjacent to an activating group) is 1. The number of amides is 1. The molecule has 6 nitrogen and oxygen atoms in total. The van der Waals surface area contributed by atoms with Crippen LogP contribution >= 0.6 is 11.3 Å². The van der Waals surface area contributed by atoms with Crippen molar-refractivity contribution in [2.45, 2.75) is 13.0 Å². The van der Waals surface area contributed by atoms with Gasteiger partial charge in [-0.05, 0) is 31.3 Å². The van der Waals surface area contributed by atoms with Crippen molar-refractivity contribution in [1.82, 2.24) is 9.88 Å². The lowest BCUT2D eigenvalue weighted by molar-refractivity contribution is -0.112. The third kappa shape index (κ3) is 4.21. The van der Waals surface area contributed by atoms with Gasteiger partial charge in [0.1, 0.15) is 17.5 Å². The molecule has 128 valence electrons. The second kappa shape index (κ2) is 7.42. The zero-order valence-electron chi connectivity index (χ0n) is 13.5. The summed E-state index contributed by atoms with van der Waals surface area (Å²) in [7, 11) is 2.06. The lowest BCUT2D eigenvalue weighted by Gasteiger charge is -2.20. The van der Waals surface area contributed by atoms with Gasteiger partial charge in [0.15, 0.2) is 5.13 Å². The summed E-state index contributed by atoms with van der Waals surface area (Å²) >= 11 is 1.52. The van der Waals surface area contributed by atoms with Gasteiger partial charge in [0.25, 0.3) is 5.91 Å². The standard InChI is InChI=1S/C17H16FN5OS/c1-23-7-6-14-15(10-23)25-17(22-14)20-9-11(8-19)16(24)21-13-4-2-12(18)3-5-13/h2-5,9H,6-7,10H2,1H3,(H,20,22)(H,21,24)/b11-9-. The highest BCUT2D eigenvalue weighted by atomic mass is 32.1. The molecule has 0 spiro atoms. The van der Waals surface area contributed by atoms with Gasteiger partial charge in [-0.15, -0.1) is 11.3 Å². The van der Waals surface area contributed by atoms with Crippen LogP contribution in [0.25, 0.3) is 0 Å². The van der Waals surface area contributed by atoms with Crippen molar-refractivity contribution in [2.75, 3.05) is 24.2 Å². The van der Waals surface area contributed by atoms with E-state index in [1.807, 2.05) is 6.07 Å². The lowest BCUT2D eigenvalue weighted by atomic mass is 10.2. The van der Waals surface area contributed by atoms with Crippen LogP contribution in [0.1, 0.15) is 10.6 Å².